The van der Waals surface area contributed by atoms with Gasteiger partial charge in [-0.25, -0.2) is 0 Å². The van der Waals surface area contributed by atoms with Crippen molar-refractivity contribution in [2.75, 3.05) is 13.1 Å². The van der Waals surface area contributed by atoms with Gasteiger partial charge in [0, 0.05) is 19.5 Å². The van der Waals surface area contributed by atoms with Crippen LogP contribution in [-0.4, -0.2) is 43.7 Å². The fraction of sp³-hybridized carbons (Fsp3) is 0.917. The van der Waals surface area contributed by atoms with Gasteiger partial charge in [0.05, 0.1) is 5.92 Å². The van der Waals surface area contributed by atoms with E-state index in [1.54, 1.807) is 0 Å². The molecule has 0 radical (unpaired) electrons. The Balaban J connectivity index is 1.86. The minimum Gasteiger partial charge on any atom is -0.341 e. The van der Waals surface area contributed by atoms with Crippen LogP contribution >= 0.6 is 0 Å². The maximum atomic E-state index is 12.9. The second-order valence-corrected chi connectivity index (χ2v) is 7.48. The zero-order chi connectivity index (χ0) is 15.8. The van der Waals surface area contributed by atoms with Gasteiger partial charge in [0.2, 0.25) is 5.91 Å². The molecule has 1 saturated carbocycles. The molecule has 21 heavy (non-hydrogen) atoms. The number of alkyl halides is 3. The normalized spacial score (nSPS) is 31.7. The Labute approximate surface area is 120 Å². The van der Waals surface area contributed by atoms with Crippen molar-refractivity contribution in [1.29, 1.82) is 0 Å². The van der Waals surface area contributed by atoms with Crippen LogP contribution in [0.3, 0.4) is 0 Å². The lowest BCUT2D eigenvalue weighted by molar-refractivity contribution is -0.184. The fourth-order valence-corrected chi connectivity index (χ4v) is 3.78. The second kappa shape index (κ2) is 5.73. The molecule has 2 rings (SSSR count). The summed E-state index contributed by atoms with van der Waals surface area (Å²) in [7, 11) is -4.75. The Kier molecular flexibility index (Phi) is 4.51. The van der Waals surface area contributed by atoms with E-state index in [4.69, 9.17) is 0 Å². The van der Waals surface area contributed by atoms with Gasteiger partial charge < -0.3 is 4.90 Å². The van der Waals surface area contributed by atoms with E-state index < -0.39 is 33.5 Å². The molecule has 0 aromatic carbocycles. The van der Waals surface area contributed by atoms with Crippen molar-refractivity contribution in [2.24, 2.45) is 11.8 Å². The molecule has 0 bridgehead atoms. The number of hydrogen-bond acceptors (Lipinski definition) is 3. The van der Waals surface area contributed by atoms with Crippen LogP contribution in [0.5, 0.6) is 0 Å². The number of halogens is 4. The third-order valence-corrected chi connectivity index (χ3v) is 5.48. The molecule has 2 fully saturated rings. The molecule has 0 N–H and O–H groups in total. The van der Waals surface area contributed by atoms with Gasteiger partial charge in [-0.05, 0) is 31.6 Å². The van der Waals surface area contributed by atoms with E-state index in [9.17, 15) is 30.3 Å². The van der Waals surface area contributed by atoms with E-state index in [2.05, 4.69) is 0 Å². The molecular weight excluding hydrogens is 314 g/mol. The summed E-state index contributed by atoms with van der Waals surface area (Å²) < 4.78 is 72.1. The molecule has 1 unspecified atom stereocenters. The first kappa shape index (κ1) is 16.5. The van der Waals surface area contributed by atoms with Gasteiger partial charge >= 0.3 is 16.4 Å². The predicted octanol–water partition coefficient (Wildman–Crippen LogP) is 2.26. The first-order valence-corrected chi connectivity index (χ1v) is 8.30. The Bertz CT molecular complexity index is 497. The molecule has 2 aliphatic rings. The van der Waals surface area contributed by atoms with Crippen LogP contribution in [0.1, 0.15) is 32.1 Å². The van der Waals surface area contributed by atoms with E-state index in [0.717, 1.165) is 0 Å². The van der Waals surface area contributed by atoms with Crippen LogP contribution in [0, 0.1) is 11.8 Å². The number of amides is 1. The molecule has 0 aromatic heterocycles. The number of carbonyl (C=O) groups excluding carboxylic acids is 1. The zero-order valence-corrected chi connectivity index (χ0v) is 12.1. The fourth-order valence-electron chi connectivity index (χ4n) is 3.08. The van der Waals surface area contributed by atoms with Crippen LogP contribution in [0.15, 0.2) is 0 Å². The Morgan fingerprint density at radius 2 is 1.71 bits per heavy atom. The highest BCUT2D eigenvalue weighted by atomic mass is 32.3. The van der Waals surface area contributed by atoms with Gasteiger partial charge in [-0.2, -0.15) is 21.6 Å². The third kappa shape index (κ3) is 4.08. The molecule has 0 spiro atoms. The van der Waals surface area contributed by atoms with Crippen LogP contribution in [0.2, 0.25) is 0 Å². The molecule has 1 amide bonds. The molecule has 122 valence electrons. The Hall–Kier alpha value is -0.860. The van der Waals surface area contributed by atoms with Crippen molar-refractivity contribution in [3.63, 3.8) is 0 Å². The molecule has 1 aliphatic heterocycles. The maximum Gasteiger partial charge on any atom is 0.391 e. The molecule has 1 aliphatic carbocycles. The van der Waals surface area contributed by atoms with Crippen molar-refractivity contribution in [2.45, 2.75) is 43.5 Å². The molecular formula is C12H17F4NO3S. The van der Waals surface area contributed by atoms with Crippen molar-refractivity contribution in [3.8, 4) is 0 Å². The van der Waals surface area contributed by atoms with Gasteiger partial charge in [0.25, 0.3) is 0 Å². The third-order valence-electron chi connectivity index (χ3n) is 4.37. The van der Waals surface area contributed by atoms with Crippen molar-refractivity contribution >= 4 is 16.1 Å². The highest BCUT2D eigenvalue weighted by Gasteiger charge is 2.43. The van der Waals surface area contributed by atoms with Gasteiger partial charge in [-0.1, -0.05) is 0 Å². The van der Waals surface area contributed by atoms with Crippen LogP contribution in [-0.2, 0) is 15.0 Å². The van der Waals surface area contributed by atoms with E-state index in [0.29, 0.717) is 12.8 Å². The lowest BCUT2D eigenvalue weighted by atomic mass is 9.81. The summed E-state index contributed by atoms with van der Waals surface area (Å²) in [5, 5.41) is -1.34. The topological polar surface area (TPSA) is 54.5 Å². The van der Waals surface area contributed by atoms with Crippen molar-refractivity contribution in [3.05, 3.63) is 0 Å². The Morgan fingerprint density at radius 3 is 2.14 bits per heavy atom. The molecule has 9 heteroatoms. The summed E-state index contributed by atoms with van der Waals surface area (Å²) >= 11 is 0. The average molecular weight is 331 g/mol. The predicted molar refractivity (Wildman–Crippen MR) is 66.5 cm³/mol. The van der Waals surface area contributed by atoms with Crippen molar-refractivity contribution in [1.82, 2.24) is 4.90 Å². The zero-order valence-electron chi connectivity index (χ0n) is 11.3. The summed E-state index contributed by atoms with van der Waals surface area (Å²) in [6.07, 6.45) is -3.80. The summed E-state index contributed by atoms with van der Waals surface area (Å²) in [6.45, 7) is 0.0201. The van der Waals surface area contributed by atoms with Gasteiger partial charge in [0.15, 0.2) is 0 Å². The maximum absolute atomic E-state index is 12.9. The smallest absolute Gasteiger partial charge is 0.341 e. The first-order chi connectivity index (χ1) is 9.57. The first-order valence-electron chi connectivity index (χ1n) is 6.85. The highest BCUT2D eigenvalue weighted by Crippen LogP contribution is 2.40. The second-order valence-electron chi connectivity index (χ2n) is 5.86. The van der Waals surface area contributed by atoms with Crippen LogP contribution in [0.4, 0.5) is 17.1 Å². The quantitative estimate of drug-likeness (QED) is 0.589. The summed E-state index contributed by atoms with van der Waals surface area (Å²) in [6, 6.07) is 0. The molecule has 1 atom stereocenters. The summed E-state index contributed by atoms with van der Waals surface area (Å²) in [5.41, 5.74) is 0. The van der Waals surface area contributed by atoms with Crippen LogP contribution in [0.25, 0.3) is 0 Å². The van der Waals surface area contributed by atoms with E-state index in [1.165, 1.54) is 4.90 Å². The molecule has 1 saturated heterocycles. The van der Waals surface area contributed by atoms with Crippen LogP contribution < -0.4 is 0 Å². The van der Waals surface area contributed by atoms with Gasteiger partial charge in [-0.3, -0.25) is 4.79 Å². The molecule has 4 nitrogen and oxygen atoms in total. The lowest BCUT2D eigenvalue weighted by Crippen LogP contribution is -2.35. The summed E-state index contributed by atoms with van der Waals surface area (Å²) in [5.74, 6) is -1.81. The molecule has 1 heterocycles. The number of likely N-dealkylation sites (tertiary alicyclic amines) is 1. The number of hydrogen-bond donors (Lipinski definition) is 0. The van der Waals surface area contributed by atoms with E-state index in [-0.39, 0.29) is 38.3 Å². The molecule has 0 aromatic rings. The monoisotopic (exact) mass is 331 g/mol. The SMILES string of the molecule is O=C1CC(S(=O)(=O)F)CN1CC1CCC(C(F)(F)F)CC1. The van der Waals surface area contributed by atoms with Gasteiger partial charge in [-0.15, -0.1) is 3.89 Å². The number of carbonyl (C=O) groups is 1. The number of rotatable bonds is 3. The summed E-state index contributed by atoms with van der Waals surface area (Å²) in [4.78, 5) is 12.9. The van der Waals surface area contributed by atoms with E-state index in [1.807, 2.05) is 0 Å². The minimum absolute atomic E-state index is 0.0288. The van der Waals surface area contributed by atoms with Gasteiger partial charge in [0.1, 0.15) is 5.25 Å². The Morgan fingerprint density at radius 1 is 1.14 bits per heavy atom. The highest BCUT2D eigenvalue weighted by molar-refractivity contribution is 7.87. The van der Waals surface area contributed by atoms with E-state index >= 15 is 0 Å². The largest absolute Gasteiger partial charge is 0.391 e. The average Bonchev–Trinajstić information content (AvgIpc) is 2.70. The van der Waals surface area contributed by atoms with Crippen molar-refractivity contribution < 1.29 is 30.3 Å². The standard InChI is InChI=1S/C12H17F4NO3S/c13-12(14,15)9-3-1-8(2-4-9)6-17-7-10(5-11(17)18)21(16,19)20/h8-10H,1-7H2. The minimum atomic E-state index is -4.75. The number of nitrogens with zero attached hydrogens (tertiary/aromatic N) is 1. The lowest BCUT2D eigenvalue weighted by Gasteiger charge is -2.32.